The molecule has 0 aliphatic heterocycles. The fourth-order valence-electron chi connectivity index (χ4n) is 2.60. The SMILES string of the molecule is Cc1cc(F)c(-c2ccc(-c3ccc(C#N)cc3)c(F)c2)c(F)c1. The summed E-state index contributed by atoms with van der Waals surface area (Å²) in [6.07, 6.45) is 0. The zero-order chi connectivity index (χ0) is 17.3. The van der Waals surface area contributed by atoms with Gasteiger partial charge < -0.3 is 0 Å². The molecule has 4 heteroatoms. The van der Waals surface area contributed by atoms with Crippen molar-refractivity contribution in [2.24, 2.45) is 0 Å². The van der Waals surface area contributed by atoms with Crippen LogP contribution in [0.5, 0.6) is 0 Å². The van der Waals surface area contributed by atoms with E-state index in [1.165, 1.54) is 24.3 Å². The van der Waals surface area contributed by atoms with Crippen molar-refractivity contribution in [3.63, 3.8) is 0 Å². The van der Waals surface area contributed by atoms with Crippen LogP contribution >= 0.6 is 0 Å². The Morgan fingerprint density at radius 1 is 0.750 bits per heavy atom. The number of aryl methyl sites for hydroxylation is 1. The van der Waals surface area contributed by atoms with E-state index < -0.39 is 17.5 Å². The summed E-state index contributed by atoms with van der Waals surface area (Å²) in [5.74, 6) is -2.03. The summed E-state index contributed by atoms with van der Waals surface area (Å²) in [7, 11) is 0. The average Bonchev–Trinajstić information content (AvgIpc) is 2.54. The highest BCUT2D eigenvalue weighted by atomic mass is 19.1. The largest absolute Gasteiger partial charge is 0.206 e. The van der Waals surface area contributed by atoms with Gasteiger partial charge in [-0.15, -0.1) is 0 Å². The lowest BCUT2D eigenvalue weighted by molar-refractivity contribution is 0.587. The van der Waals surface area contributed by atoms with Crippen molar-refractivity contribution < 1.29 is 13.2 Å². The van der Waals surface area contributed by atoms with Gasteiger partial charge in [0.1, 0.15) is 17.5 Å². The first-order valence-corrected chi connectivity index (χ1v) is 7.25. The normalized spacial score (nSPS) is 10.5. The third-order valence-electron chi connectivity index (χ3n) is 3.77. The van der Waals surface area contributed by atoms with Crippen LogP contribution in [0.2, 0.25) is 0 Å². The Morgan fingerprint density at radius 2 is 1.33 bits per heavy atom. The van der Waals surface area contributed by atoms with E-state index in [9.17, 15) is 13.2 Å². The summed E-state index contributed by atoms with van der Waals surface area (Å²) >= 11 is 0. The Morgan fingerprint density at radius 3 is 1.88 bits per heavy atom. The van der Waals surface area contributed by atoms with Crippen LogP contribution in [0.4, 0.5) is 13.2 Å². The second-order valence-electron chi connectivity index (χ2n) is 5.49. The van der Waals surface area contributed by atoms with Crippen molar-refractivity contribution in [1.82, 2.24) is 0 Å². The molecule has 0 aliphatic rings. The fraction of sp³-hybridized carbons (Fsp3) is 0.0500. The molecule has 0 N–H and O–H groups in total. The molecule has 3 aromatic carbocycles. The molecule has 3 rings (SSSR count). The Balaban J connectivity index is 2.06. The number of rotatable bonds is 2. The summed E-state index contributed by atoms with van der Waals surface area (Å²) in [6, 6.07) is 14.9. The maximum absolute atomic E-state index is 14.4. The van der Waals surface area contributed by atoms with Crippen LogP contribution in [-0.4, -0.2) is 0 Å². The van der Waals surface area contributed by atoms with E-state index in [0.29, 0.717) is 22.3 Å². The van der Waals surface area contributed by atoms with Crippen LogP contribution in [0.1, 0.15) is 11.1 Å². The summed E-state index contributed by atoms with van der Waals surface area (Å²) in [6.45, 7) is 1.59. The lowest BCUT2D eigenvalue weighted by atomic mass is 9.98. The minimum atomic E-state index is -0.724. The molecule has 0 unspecified atom stereocenters. The van der Waals surface area contributed by atoms with E-state index in [1.807, 2.05) is 6.07 Å². The molecule has 0 bridgehead atoms. The highest BCUT2D eigenvalue weighted by Gasteiger charge is 2.15. The Hall–Kier alpha value is -3.06. The first-order chi connectivity index (χ1) is 11.5. The molecule has 0 spiro atoms. The van der Waals surface area contributed by atoms with Crippen LogP contribution in [0.3, 0.4) is 0 Å². The molecule has 118 valence electrons. The van der Waals surface area contributed by atoms with Gasteiger partial charge in [-0.25, -0.2) is 13.2 Å². The van der Waals surface area contributed by atoms with Gasteiger partial charge in [0.2, 0.25) is 0 Å². The second kappa shape index (κ2) is 6.21. The molecule has 0 aliphatic carbocycles. The molecular formula is C20H12F3N. The van der Waals surface area contributed by atoms with Gasteiger partial charge >= 0.3 is 0 Å². The monoisotopic (exact) mass is 323 g/mol. The zero-order valence-electron chi connectivity index (χ0n) is 12.8. The summed E-state index contributed by atoms with van der Waals surface area (Å²) < 4.78 is 42.5. The summed E-state index contributed by atoms with van der Waals surface area (Å²) in [5.41, 5.74) is 1.72. The molecular weight excluding hydrogens is 311 g/mol. The Labute approximate surface area is 137 Å². The number of nitrogens with zero attached hydrogens (tertiary/aromatic N) is 1. The van der Waals surface area contributed by atoms with E-state index in [4.69, 9.17) is 5.26 Å². The van der Waals surface area contributed by atoms with Gasteiger partial charge in [-0.3, -0.25) is 0 Å². The molecule has 0 saturated carbocycles. The number of hydrogen-bond acceptors (Lipinski definition) is 1. The van der Waals surface area contributed by atoms with E-state index in [2.05, 4.69) is 0 Å². The van der Waals surface area contributed by atoms with Crippen LogP contribution in [0.25, 0.3) is 22.3 Å². The van der Waals surface area contributed by atoms with E-state index in [1.54, 1.807) is 31.2 Å². The minimum absolute atomic E-state index is 0.139. The van der Waals surface area contributed by atoms with Gasteiger partial charge in [0.15, 0.2) is 0 Å². The van der Waals surface area contributed by atoms with Crippen molar-refractivity contribution >= 4 is 0 Å². The van der Waals surface area contributed by atoms with Crippen LogP contribution in [-0.2, 0) is 0 Å². The van der Waals surface area contributed by atoms with E-state index in [-0.39, 0.29) is 11.1 Å². The van der Waals surface area contributed by atoms with Crippen molar-refractivity contribution in [3.05, 3.63) is 83.2 Å². The van der Waals surface area contributed by atoms with Crippen molar-refractivity contribution in [2.75, 3.05) is 0 Å². The average molecular weight is 323 g/mol. The third kappa shape index (κ3) is 2.89. The van der Waals surface area contributed by atoms with Crippen LogP contribution in [0.15, 0.2) is 54.6 Å². The molecule has 0 fully saturated rings. The predicted molar refractivity (Wildman–Crippen MR) is 86.6 cm³/mol. The lowest BCUT2D eigenvalue weighted by Gasteiger charge is -2.09. The Kier molecular flexibility index (Phi) is 4.09. The molecule has 3 aromatic rings. The number of hydrogen-bond donors (Lipinski definition) is 0. The topological polar surface area (TPSA) is 23.8 Å². The Bertz CT molecular complexity index is 931. The van der Waals surface area contributed by atoms with E-state index >= 15 is 0 Å². The van der Waals surface area contributed by atoms with E-state index in [0.717, 1.165) is 6.07 Å². The van der Waals surface area contributed by atoms with Gasteiger partial charge in [-0.2, -0.15) is 5.26 Å². The standard InChI is InChI=1S/C20H12F3N/c1-12-8-18(22)20(19(23)9-12)15-6-7-16(17(21)10-15)14-4-2-13(11-24)3-5-14/h2-10H,1H3. The molecule has 1 nitrogen and oxygen atoms in total. The predicted octanol–water partition coefficient (Wildman–Crippen LogP) is 5.62. The molecule has 0 aromatic heterocycles. The quantitative estimate of drug-likeness (QED) is 0.600. The van der Waals surface area contributed by atoms with Gasteiger partial charge in [-0.1, -0.05) is 24.3 Å². The van der Waals surface area contributed by atoms with Crippen LogP contribution < -0.4 is 0 Å². The highest BCUT2D eigenvalue weighted by Crippen LogP contribution is 2.31. The van der Waals surface area contributed by atoms with Crippen LogP contribution in [0, 0.1) is 35.7 Å². The first kappa shape index (κ1) is 15.8. The molecule has 24 heavy (non-hydrogen) atoms. The lowest BCUT2D eigenvalue weighted by Crippen LogP contribution is -1.94. The molecule has 0 heterocycles. The van der Waals surface area contributed by atoms with Crippen molar-refractivity contribution in [1.29, 1.82) is 5.26 Å². The summed E-state index contributed by atoms with van der Waals surface area (Å²) in [4.78, 5) is 0. The molecule has 0 saturated heterocycles. The third-order valence-corrected chi connectivity index (χ3v) is 3.77. The fourth-order valence-corrected chi connectivity index (χ4v) is 2.60. The molecule has 0 atom stereocenters. The maximum atomic E-state index is 14.4. The number of halogens is 3. The molecule has 0 radical (unpaired) electrons. The zero-order valence-corrected chi connectivity index (χ0v) is 12.8. The first-order valence-electron chi connectivity index (χ1n) is 7.25. The molecule has 0 amide bonds. The van der Waals surface area contributed by atoms with Gasteiger partial charge in [0.25, 0.3) is 0 Å². The number of nitriles is 1. The minimum Gasteiger partial charge on any atom is -0.206 e. The van der Waals surface area contributed by atoms with Crippen molar-refractivity contribution in [3.8, 4) is 28.3 Å². The maximum Gasteiger partial charge on any atom is 0.134 e. The van der Waals surface area contributed by atoms with Gasteiger partial charge in [0, 0.05) is 5.56 Å². The van der Waals surface area contributed by atoms with Gasteiger partial charge in [0.05, 0.1) is 17.2 Å². The number of benzene rings is 3. The second-order valence-corrected chi connectivity index (χ2v) is 5.49. The van der Waals surface area contributed by atoms with Crippen molar-refractivity contribution in [2.45, 2.75) is 6.92 Å². The highest BCUT2D eigenvalue weighted by molar-refractivity contribution is 5.72. The summed E-state index contributed by atoms with van der Waals surface area (Å²) in [5, 5.41) is 8.79. The smallest absolute Gasteiger partial charge is 0.134 e. The van der Waals surface area contributed by atoms with Gasteiger partial charge in [-0.05, 0) is 53.9 Å².